The maximum atomic E-state index is 11.7. The molecular formula is C21H28BNO3. The first-order chi connectivity index (χ1) is 12.3. The number of ether oxygens (including phenoxy) is 1. The molecule has 1 N–H and O–H groups in total. The minimum atomic E-state index is -1.02. The lowest BCUT2D eigenvalue weighted by atomic mass is 10.0. The zero-order chi connectivity index (χ0) is 19.2. The van der Waals surface area contributed by atoms with E-state index in [9.17, 15) is 9.90 Å². The third-order valence-electron chi connectivity index (χ3n) is 4.76. The third-order valence-corrected chi connectivity index (χ3v) is 4.76. The monoisotopic (exact) mass is 353 g/mol. The van der Waals surface area contributed by atoms with Crippen molar-refractivity contribution in [1.29, 1.82) is 0 Å². The van der Waals surface area contributed by atoms with Crippen LogP contribution in [0.15, 0.2) is 24.3 Å². The molecule has 1 aliphatic heterocycles. The molecule has 1 amide bonds. The molecule has 2 atom stereocenters. The molecule has 5 heteroatoms. The molecule has 0 unspecified atom stereocenters. The van der Waals surface area contributed by atoms with Crippen LogP contribution in [0.5, 0.6) is 0 Å². The predicted octanol–water partition coefficient (Wildman–Crippen LogP) is 3.25. The third kappa shape index (κ3) is 5.36. The van der Waals surface area contributed by atoms with E-state index in [1.165, 1.54) is 36.1 Å². The standard InChI is InChI=1S/C21H28BNO3/c1-4-5-6-7-8-16-9-11-17(12-10-16)13-14-19(24)18-15-26-21(2,3)23(18)20(22)25/h9-12,18-19,24H,4-8,15H2,1-3H3/t18-,19+/m1/s1. The topological polar surface area (TPSA) is 49.8 Å². The Hall–Kier alpha value is -1.77. The van der Waals surface area contributed by atoms with Crippen molar-refractivity contribution in [3.63, 3.8) is 0 Å². The van der Waals surface area contributed by atoms with Crippen LogP contribution in [-0.4, -0.2) is 48.1 Å². The van der Waals surface area contributed by atoms with Gasteiger partial charge in [0.2, 0.25) is 7.85 Å². The fourth-order valence-electron chi connectivity index (χ4n) is 3.26. The molecule has 2 radical (unpaired) electrons. The molecule has 1 aromatic carbocycles. The molecule has 0 spiro atoms. The van der Waals surface area contributed by atoms with E-state index in [0.29, 0.717) is 0 Å². The molecule has 2 rings (SSSR count). The van der Waals surface area contributed by atoms with Crippen LogP contribution in [0.3, 0.4) is 0 Å². The molecule has 1 heterocycles. The first kappa shape index (κ1) is 20.5. The summed E-state index contributed by atoms with van der Waals surface area (Å²) in [6, 6.07) is 7.54. The fraction of sp³-hybridized carbons (Fsp3) is 0.571. The lowest BCUT2D eigenvalue weighted by Crippen LogP contribution is -2.51. The maximum Gasteiger partial charge on any atom is 0.200 e. The van der Waals surface area contributed by atoms with Crippen molar-refractivity contribution in [2.24, 2.45) is 0 Å². The van der Waals surface area contributed by atoms with Crippen molar-refractivity contribution in [3.8, 4) is 11.8 Å². The van der Waals surface area contributed by atoms with Crippen molar-refractivity contribution in [2.45, 2.75) is 70.7 Å². The number of aliphatic hydroxyl groups excluding tert-OH is 1. The predicted molar refractivity (Wildman–Crippen MR) is 104 cm³/mol. The number of hydrogen-bond acceptors (Lipinski definition) is 3. The van der Waals surface area contributed by atoms with Crippen LogP contribution in [0.2, 0.25) is 0 Å². The second-order valence-corrected chi connectivity index (χ2v) is 7.26. The van der Waals surface area contributed by atoms with E-state index in [1.54, 1.807) is 13.8 Å². The van der Waals surface area contributed by atoms with Gasteiger partial charge < -0.3 is 14.7 Å². The number of aliphatic hydroxyl groups is 1. The smallest absolute Gasteiger partial charge is 0.200 e. The lowest BCUT2D eigenvalue weighted by molar-refractivity contribution is -0.0300. The molecule has 138 valence electrons. The first-order valence-corrected chi connectivity index (χ1v) is 9.36. The van der Waals surface area contributed by atoms with Crippen LogP contribution in [0.25, 0.3) is 0 Å². The summed E-state index contributed by atoms with van der Waals surface area (Å²) in [7, 11) is 5.43. The highest BCUT2D eigenvalue weighted by Crippen LogP contribution is 2.28. The number of benzene rings is 1. The van der Waals surface area contributed by atoms with Gasteiger partial charge in [0.25, 0.3) is 0 Å². The van der Waals surface area contributed by atoms with E-state index in [1.807, 2.05) is 12.1 Å². The Morgan fingerprint density at radius 3 is 2.65 bits per heavy atom. The molecule has 1 aromatic rings. The zero-order valence-corrected chi connectivity index (χ0v) is 16.0. The molecule has 0 aliphatic carbocycles. The van der Waals surface area contributed by atoms with E-state index >= 15 is 0 Å². The van der Waals surface area contributed by atoms with Gasteiger partial charge in [-0.25, -0.2) is 0 Å². The molecule has 0 aromatic heterocycles. The van der Waals surface area contributed by atoms with Gasteiger partial charge in [-0.1, -0.05) is 50.2 Å². The van der Waals surface area contributed by atoms with Gasteiger partial charge in [-0.2, -0.15) is 0 Å². The van der Waals surface area contributed by atoms with Crippen molar-refractivity contribution >= 4 is 13.7 Å². The average molecular weight is 353 g/mol. The van der Waals surface area contributed by atoms with Crippen LogP contribution >= 0.6 is 0 Å². The van der Waals surface area contributed by atoms with E-state index in [0.717, 1.165) is 12.0 Å². The SMILES string of the molecule is [B]C(=O)N1[C@@H]([C@@H](O)C#Cc2ccc(CCCCCC)cc2)COC1(C)C. The molecule has 1 saturated heterocycles. The highest BCUT2D eigenvalue weighted by Gasteiger charge is 2.44. The number of aryl methyl sites for hydroxylation is 1. The molecular weight excluding hydrogens is 325 g/mol. The van der Waals surface area contributed by atoms with Crippen LogP contribution in [0, 0.1) is 11.8 Å². The van der Waals surface area contributed by atoms with Crippen LogP contribution in [0.4, 0.5) is 4.79 Å². The summed E-state index contributed by atoms with van der Waals surface area (Å²) in [5.41, 5.74) is 1.31. The van der Waals surface area contributed by atoms with E-state index in [-0.39, 0.29) is 6.61 Å². The average Bonchev–Trinajstić information content (AvgIpc) is 2.93. The van der Waals surface area contributed by atoms with Crippen LogP contribution in [-0.2, 0) is 11.2 Å². The van der Waals surface area contributed by atoms with Gasteiger partial charge in [0.1, 0.15) is 11.8 Å². The summed E-state index contributed by atoms with van der Waals surface area (Å²) in [6.07, 6.45) is 5.06. The fourth-order valence-corrected chi connectivity index (χ4v) is 3.26. The van der Waals surface area contributed by atoms with Crippen molar-refractivity contribution < 1.29 is 14.6 Å². The first-order valence-electron chi connectivity index (χ1n) is 9.36. The van der Waals surface area contributed by atoms with Gasteiger partial charge in [0.05, 0.1) is 12.6 Å². The van der Waals surface area contributed by atoms with Gasteiger partial charge in [0, 0.05) is 5.56 Å². The number of rotatable bonds is 6. The number of nitrogens with zero attached hydrogens (tertiary/aromatic N) is 1. The highest BCUT2D eigenvalue weighted by molar-refractivity contribution is 6.57. The van der Waals surface area contributed by atoms with Gasteiger partial charge >= 0.3 is 0 Å². The molecule has 1 fully saturated rings. The Bertz CT molecular complexity index is 660. The molecule has 26 heavy (non-hydrogen) atoms. The highest BCUT2D eigenvalue weighted by atomic mass is 16.5. The minimum absolute atomic E-state index is 0.211. The van der Waals surface area contributed by atoms with E-state index in [2.05, 4.69) is 30.9 Å². The van der Waals surface area contributed by atoms with Crippen molar-refractivity contribution in [3.05, 3.63) is 35.4 Å². The Morgan fingerprint density at radius 1 is 1.35 bits per heavy atom. The second kappa shape index (κ2) is 9.25. The largest absolute Gasteiger partial charge is 0.378 e. The summed E-state index contributed by atoms with van der Waals surface area (Å²) in [4.78, 5) is 13.0. The van der Waals surface area contributed by atoms with Crippen molar-refractivity contribution in [1.82, 2.24) is 4.90 Å². The molecule has 0 bridgehead atoms. The van der Waals surface area contributed by atoms with Gasteiger partial charge in [-0.05, 0) is 44.4 Å². The molecule has 0 saturated carbocycles. The summed E-state index contributed by atoms with van der Waals surface area (Å²) >= 11 is 0. The van der Waals surface area contributed by atoms with E-state index in [4.69, 9.17) is 12.6 Å². The summed E-state index contributed by atoms with van der Waals surface area (Å²) < 4.78 is 5.57. The maximum absolute atomic E-state index is 11.7. The van der Waals surface area contributed by atoms with Gasteiger partial charge in [0.15, 0.2) is 5.81 Å². The van der Waals surface area contributed by atoms with Crippen LogP contribution in [0.1, 0.15) is 57.6 Å². The van der Waals surface area contributed by atoms with Gasteiger partial charge in [-0.3, -0.25) is 4.79 Å². The van der Waals surface area contributed by atoms with E-state index < -0.39 is 23.7 Å². The second-order valence-electron chi connectivity index (χ2n) is 7.26. The Balaban J connectivity index is 1.97. The lowest BCUT2D eigenvalue weighted by Gasteiger charge is -2.34. The van der Waals surface area contributed by atoms with Crippen LogP contribution < -0.4 is 0 Å². The Labute approximate surface area is 158 Å². The molecule has 1 aliphatic rings. The summed E-state index contributed by atoms with van der Waals surface area (Å²) in [5, 5.41) is 10.4. The number of carbonyl (C=O) groups is 1. The summed E-state index contributed by atoms with van der Waals surface area (Å²) in [6.45, 7) is 5.92. The number of amides is 1. The Morgan fingerprint density at radius 2 is 2.04 bits per heavy atom. The Kier molecular flexibility index (Phi) is 7.31. The zero-order valence-electron chi connectivity index (χ0n) is 16.0. The normalized spacial score (nSPS) is 19.7. The number of hydrogen-bond donors (Lipinski definition) is 1. The number of carbonyl (C=O) groups excluding carboxylic acids is 1. The number of unbranched alkanes of at least 4 members (excludes halogenated alkanes) is 3. The van der Waals surface area contributed by atoms with Gasteiger partial charge in [-0.15, -0.1) is 0 Å². The molecule has 4 nitrogen and oxygen atoms in total. The van der Waals surface area contributed by atoms with Crippen molar-refractivity contribution in [2.75, 3.05) is 6.61 Å². The summed E-state index contributed by atoms with van der Waals surface area (Å²) in [5.74, 6) is 5.18. The quantitative estimate of drug-likeness (QED) is 0.485. The minimum Gasteiger partial charge on any atom is -0.378 e.